The van der Waals surface area contributed by atoms with Crippen molar-refractivity contribution in [2.45, 2.75) is 19.9 Å². The van der Waals surface area contributed by atoms with Gasteiger partial charge in [0, 0.05) is 26.6 Å². The van der Waals surface area contributed by atoms with E-state index < -0.39 is 0 Å². The van der Waals surface area contributed by atoms with Gasteiger partial charge in [0.1, 0.15) is 5.82 Å². The first kappa shape index (κ1) is 20.0. The Morgan fingerprint density at radius 1 is 1.19 bits per heavy atom. The summed E-state index contributed by atoms with van der Waals surface area (Å²) >= 11 is 0. The third kappa shape index (κ3) is 5.32. The van der Waals surface area contributed by atoms with Gasteiger partial charge in [0.2, 0.25) is 5.82 Å². The smallest absolute Gasteiger partial charge is 0.216 e. The van der Waals surface area contributed by atoms with Gasteiger partial charge in [0.25, 0.3) is 0 Å². The number of nitrogens with zero attached hydrogens (tertiary/aromatic N) is 3. The summed E-state index contributed by atoms with van der Waals surface area (Å²) in [4.78, 5) is 8.66. The van der Waals surface area contributed by atoms with Crippen molar-refractivity contribution in [1.29, 1.82) is 0 Å². The van der Waals surface area contributed by atoms with Crippen LogP contribution in [-0.2, 0) is 13.0 Å². The van der Waals surface area contributed by atoms with Crippen molar-refractivity contribution in [2.75, 3.05) is 13.6 Å². The Labute approximate surface area is 169 Å². The average molecular weight is 466 g/mol. The van der Waals surface area contributed by atoms with E-state index in [0.717, 1.165) is 18.3 Å². The number of aromatic nitrogens is 3. The van der Waals surface area contributed by atoms with Gasteiger partial charge in [-0.3, -0.25) is 10.1 Å². The molecule has 1 aromatic carbocycles. The molecule has 7 nitrogen and oxygen atoms in total. The van der Waals surface area contributed by atoms with Gasteiger partial charge in [-0.05, 0) is 30.2 Å². The highest BCUT2D eigenvalue weighted by Gasteiger charge is 2.08. The summed E-state index contributed by atoms with van der Waals surface area (Å²) in [6.45, 7) is 3.53. The summed E-state index contributed by atoms with van der Waals surface area (Å²) in [5.74, 6) is 2.79. The zero-order valence-electron chi connectivity index (χ0n) is 14.8. The Morgan fingerprint density at radius 2 is 2.04 bits per heavy atom. The van der Waals surface area contributed by atoms with Gasteiger partial charge in [-0.1, -0.05) is 24.3 Å². The molecule has 0 fully saturated rings. The zero-order chi connectivity index (χ0) is 17.5. The summed E-state index contributed by atoms with van der Waals surface area (Å²) in [5.41, 5.74) is 2.52. The second kappa shape index (κ2) is 9.95. The maximum Gasteiger partial charge on any atom is 0.216 e. The Morgan fingerprint density at radius 3 is 2.77 bits per heavy atom. The topological polar surface area (TPSA) is 91.1 Å². The van der Waals surface area contributed by atoms with E-state index in [4.69, 9.17) is 4.42 Å². The number of halogens is 1. The lowest BCUT2D eigenvalue weighted by Gasteiger charge is -2.12. The number of aryl methyl sites for hydroxylation is 1. The first-order chi connectivity index (χ1) is 12.3. The average Bonchev–Trinajstić information content (AvgIpc) is 3.30. The standard InChI is InChI=1S/C18H22N6O.HI/c1-13-6-3-4-7-14(13)12-21-18(19-2)20-10-9-16-22-17(24-23-16)15-8-5-11-25-15;/h3-8,11H,9-10,12H2,1-2H3,(H2,19,20,21)(H,22,23,24);1H. The maximum absolute atomic E-state index is 5.29. The number of hydrogen-bond donors (Lipinski definition) is 3. The minimum atomic E-state index is 0. The minimum Gasteiger partial charge on any atom is -0.461 e. The largest absolute Gasteiger partial charge is 0.461 e. The fourth-order valence-electron chi connectivity index (χ4n) is 2.43. The number of furan rings is 1. The van der Waals surface area contributed by atoms with Crippen LogP contribution in [0.4, 0.5) is 0 Å². The summed E-state index contributed by atoms with van der Waals surface area (Å²) in [7, 11) is 1.76. The molecule has 8 heteroatoms. The third-order valence-corrected chi connectivity index (χ3v) is 3.86. The molecule has 0 aliphatic carbocycles. The molecule has 3 rings (SSSR count). The Kier molecular flexibility index (Phi) is 7.64. The fraction of sp³-hybridized carbons (Fsp3) is 0.278. The molecule has 0 spiro atoms. The molecule has 0 aliphatic heterocycles. The quantitative estimate of drug-likeness (QED) is 0.295. The molecule has 0 saturated carbocycles. The van der Waals surface area contributed by atoms with Crippen molar-refractivity contribution < 1.29 is 4.42 Å². The number of rotatable bonds is 6. The lowest BCUT2D eigenvalue weighted by molar-refractivity contribution is 0.577. The van der Waals surface area contributed by atoms with E-state index in [1.54, 1.807) is 13.3 Å². The van der Waals surface area contributed by atoms with Crippen molar-refractivity contribution in [1.82, 2.24) is 25.8 Å². The Hall–Kier alpha value is -2.36. The van der Waals surface area contributed by atoms with Crippen LogP contribution >= 0.6 is 24.0 Å². The van der Waals surface area contributed by atoms with E-state index in [-0.39, 0.29) is 24.0 Å². The van der Waals surface area contributed by atoms with E-state index in [9.17, 15) is 0 Å². The molecule has 26 heavy (non-hydrogen) atoms. The van der Waals surface area contributed by atoms with Gasteiger partial charge < -0.3 is 15.1 Å². The molecule has 138 valence electrons. The molecule has 0 aliphatic rings. The number of hydrogen-bond acceptors (Lipinski definition) is 4. The molecular formula is C18H23IN6O. The number of aromatic amines is 1. The molecule has 0 saturated heterocycles. The number of aliphatic imine (C=N–C) groups is 1. The zero-order valence-corrected chi connectivity index (χ0v) is 17.2. The van der Waals surface area contributed by atoms with E-state index in [2.05, 4.69) is 49.9 Å². The first-order valence-corrected chi connectivity index (χ1v) is 8.20. The molecule has 3 aromatic rings. The van der Waals surface area contributed by atoms with Gasteiger partial charge >= 0.3 is 0 Å². The second-order valence-electron chi connectivity index (χ2n) is 5.61. The summed E-state index contributed by atoms with van der Waals surface area (Å²) in [6.07, 6.45) is 2.32. The minimum absolute atomic E-state index is 0. The summed E-state index contributed by atoms with van der Waals surface area (Å²) in [6, 6.07) is 12.0. The van der Waals surface area contributed by atoms with Crippen LogP contribution < -0.4 is 10.6 Å². The molecule has 2 heterocycles. The highest BCUT2D eigenvalue weighted by Crippen LogP contribution is 2.14. The normalized spacial score (nSPS) is 11.1. The van der Waals surface area contributed by atoms with Crippen molar-refractivity contribution in [2.24, 2.45) is 4.99 Å². The molecule has 0 bridgehead atoms. The van der Waals surface area contributed by atoms with Crippen LogP contribution in [0.25, 0.3) is 11.6 Å². The van der Waals surface area contributed by atoms with Crippen LogP contribution in [0.3, 0.4) is 0 Å². The predicted octanol–water partition coefficient (Wildman–Crippen LogP) is 2.90. The van der Waals surface area contributed by atoms with Crippen LogP contribution in [0.2, 0.25) is 0 Å². The van der Waals surface area contributed by atoms with Gasteiger partial charge in [0.15, 0.2) is 11.7 Å². The molecule has 0 atom stereocenters. The summed E-state index contributed by atoms with van der Waals surface area (Å²) < 4.78 is 5.29. The summed E-state index contributed by atoms with van der Waals surface area (Å²) in [5, 5.41) is 13.7. The van der Waals surface area contributed by atoms with Crippen molar-refractivity contribution >= 4 is 29.9 Å². The van der Waals surface area contributed by atoms with Gasteiger partial charge in [-0.2, -0.15) is 5.10 Å². The predicted molar refractivity (Wildman–Crippen MR) is 113 cm³/mol. The molecule has 0 amide bonds. The molecular weight excluding hydrogens is 443 g/mol. The fourth-order valence-corrected chi connectivity index (χ4v) is 2.43. The van der Waals surface area contributed by atoms with Crippen LogP contribution in [0.5, 0.6) is 0 Å². The van der Waals surface area contributed by atoms with Crippen LogP contribution in [0.1, 0.15) is 17.0 Å². The van der Waals surface area contributed by atoms with Crippen molar-refractivity contribution in [3.8, 4) is 11.6 Å². The van der Waals surface area contributed by atoms with Crippen molar-refractivity contribution in [3.05, 3.63) is 59.6 Å². The number of guanidine groups is 1. The first-order valence-electron chi connectivity index (χ1n) is 8.20. The van der Waals surface area contributed by atoms with Crippen molar-refractivity contribution in [3.63, 3.8) is 0 Å². The Bertz CT molecular complexity index is 828. The highest BCUT2D eigenvalue weighted by molar-refractivity contribution is 14.0. The second-order valence-corrected chi connectivity index (χ2v) is 5.61. The van der Waals surface area contributed by atoms with Crippen LogP contribution in [-0.4, -0.2) is 34.7 Å². The molecule has 2 aromatic heterocycles. The SMILES string of the molecule is CN=C(NCCc1nc(-c2ccco2)n[nH]1)NCc1ccccc1C.I. The number of H-pyrrole nitrogens is 1. The lowest BCUT2D eigenvalue weighted by atomic mass is 10.1. The Balaban J connectivity index is 0.00000243. The monoisotopic (exact) mass is 466 g/mol. The van der Waals surface area contributed by atoms with E-state index in [0.29, 0.717) is 24.6 Å². The lowest BCUT2D eigenvalue weighted by Crippen LogP contribution is -2.38. The van der Waals surface area contributed by atoms with Gasteiger partial charge in [0.05, 0.1) is 6.26 Å². The van der Waals surface area contributed by atoms with Gasteiger partial charge in [-0.15, -0.1) is 24.0 Å². The van der Waals surface area contributed by atoms with E-state index in [1.165, 1.54) is 11.1 Å². The van der Waals surface area contributed by atoms with Gasteiger partial charge in [-0.25, -0.2) is 4.98 Å². The number of nitrogens with one attached hydrogen (secondary N) is 3. The number of benzene rings is 1. The molecule has 0 unspecified atom stereocenters. The maximum atomic E-state index is 5.29. The molecule has 0 radical (unpaired) electrons. The molecule has 3 N–H and O–H groups in total. The highest BCUT2D eigenvalue weighted by atomic mass is 127. The third-order valence-electron chi connectivity index (χ3n) is 3.86. The van der Waals surface area contributed by atoms with E-state index in [1.807, 2.05) is 24.3 Å². The van der Waals surface area contributed by atoms with E-state index >= 15 is 0 Å². The van der Waals surface area contributed by atoms with Crippen LogP contribution in [0, 0.1) is 6.92 Å². The van der Waals surface area contributed by atoms with Crippen LogP contribution in [0.15, 0.2) is 52.1 Å².